The summed E-state index contributed by atoms with van der Waals surface area (Å²) in [5, 5.41) is 0. The molecule has 25 heavy (non-hydrogen) atoms. The summed E-state index contributed by atoms with van der Waals surface area (Å²) in [5.41, 5.74) is 12.9. The van der Waals surface area contributed by atoms with Crippen LogP contribution in [0.1, 0.15) is 6.42 Å². The van der Waals surface area contributed by atoms with Crippen molar-refractivity contribution in [3.63, 3.8) is 0 Å². The first-order chi connectivity index (χ1) is 12.2. The van der Waals surface area contributed by atoms with E-state index in [-0.39, 0.29) is 0 Å². The number of nitrogen functional groups attached to an aromatic ring is 2. The van der Waals surface area contributed by atoms with Crippen LogP contribution < -0.4 is 16.2 Å². The van der Waals surface area contributed by atoms with E-state index < -0.39 is 0 Å². The molecular formula is C19H25N3O2S. The van der Waals surface area contributed by atoms with Crippen molar-refractivity contribution in [2.45, 2.75) is 16.2 Å². The average Bonchev–Trinajstić information content (AvgIpc) is 2.63. The lowest BCUT2D eigenvalue weighted by Gasteiger charge is -2.26. The van der Waals surface area contributed by atoms with Crippen LogP contribution in [-0.2, 0) is 4.74 Å². The van der Waals surface area contributed by atoms with Gasteiger partial charge in [0.1, 0.15) is 5.75 Å². The Morgan fingerprint density at radius 2 is 1.80 bits per heavy atom. The quantitative estimate of drug-likeness (QED) is 0.584. The van der Waals surface area contributed by atoms with Gasteiger partial charge >= 0.3 is 0 Å². The number of hydrogen-bond acceptors (Lipinski definition) is 6. The molecule has 0 unspecified atom stereocenters. The van der Waals surface area contributed by atoms with Crippen molar-refractivity contribution in [2.75, 3.05) is 50.9 Å². The van der Waals surface area contributed by atoms with Gasteiger partial charge in [0.15, 0.2) is 0 Å². The van der Waals surface area contributed by atoms with Gasteiger partial charge in [-0.2, -0.15) is 0 Å². The summed E-state index contributed by atoms with van der Waals surface area (Å²) in [6.07, 6.45) is 1.02. The Morgan fingerprint density at radius 1 is 1.00 bits per heavy atom. The van der Waals surface area contributed by atoms with E-state index in [0.717, 1.165) is 61.4 Å². The molecule has 4 N–H and O–H groups in total. The SMILES string of the molecule is Nc1ccc(Sc2cccc(OCCCN3CCOCC3)c2)cc1N. The summed E-state index contributed by atoms with van der Waals surface area (Å²) in [7, 11) is 0. The smallest absolute Gasteiger partial charge is 0.120 e. The van der Waals surface area contributed by atoms with Crippen molar-refractivity contribution in [3.8, 4) is 5.75 Å². The molecule has 0 atom stereocenters. The van der Waals surface area contributed by atoms with Crippen LogP contribution in [0.5, 0.6) is 5.75 Å². The van der Waals surface area contributed by atoms with E-state index in [9.17, 15) is 0 Å². The third-order valence-electron chi connectivity index (χ3n) is 4.09. The molecule has 0 saturated carbocycles. The zero-order valence-electron chi connectivity index (χ0n) is 14.3. The molecule has 0 radical (unpaired) electrons. The van der Waals surface area contributed by atoms with Crippen LogP contribution in [0.15, 0.2) is 52.3 Å². The summed E-state index contributed by atoms with van der Waals surface area (Å²) >= 11 is 1.65. The van der Waals surface area contributed by atoms with Gasteiger partial charge in [-0.1, -0.05) is 17.8 Å². The number of rotatable bonds is 7. The Balaban J connectivity index is 1.48. The van der Waals surface area contributed by atoms with Crippen LogP contribution in [0.4, 0.5) is 11.4 Å². The fraction of sp³-hybridized carbons (Fsp3) is 0.368. The molecule has 134 valence electrons. The van der Waals surface area contributed by atoms with Crippen molar-refractivity contribution in [1.29, 1.82) is 0 Å². The van der Waals surface area contributed by atoms with Crippen molar-refractivity contribution in [1.82, 2.24) is 4.90 Å². The second-order valence-electron chi connectivity index (χ2n) is 6.02. The highest BCUT2D eigenvalue weighted by Crippen LogP contribution is 2.32. The molecule has 0 aromatic heterocycles. The molecule has 2 aromatic rings. The lowest BCUT2D eigenvalue weighted by atomic mass is 10.3. The third kappa shape index (κ3) is 5.56. The fourth-order valence-corrected chi connectivity index (χ4v) is 3.60. The molecule has 1 saturated heterocycles. The van der Waals surface area contributed by atoms with Crippen LogP contribution in [0.2, 0.25) is 0 Å². The highest BCUT2D eigenvalue weighted by Gasteiger charge is 2.09. The second kappa shape index (κ2) is 8.99. The maximum atomic E-state index is 5.90. The summed E-state index contributed by atoms with van der Waals surface area (Å²) in [6, 6.07) is 13.9. The van der Waals surface area contributed by atoms with Crippen LogP contribution in [0.25, 0.3) is 0 Å². The highest BCUT2D eigenvalue weighted by atomic mass is 32.2. The standard InChI is InChI=1S/C19H25N3O2S/c20-18-6-5-17(14-19(18)21)25-16-4-1-3-15(13-16)24-10-2-7-22-8-11-23-12-9-22/h1,3-6,13-14H,2,7-12,20-21H2. The molecule has 1 aliphatic rings. The van der Waals surface area contributed by atoms with Crippen LogP contribution in [-0.4, -0.2) is 44.4 Å². The molecule has 0 aliphatic carbocycles. The number of nitrogens with zero attached hydrogens (tertiary/aromatic N) is 1. The Kier molecular flexibility index (Phi) is 6.44. The lowest BCUT2D eigenvalue weighted by molar-refractivity contribution is 0.0358. The van der Waals surface area contributed by atoms with Gasteiger partial charge in [-0.05, 0) is 42.8 Å². The number of ether oxygens (including phenoxy) is 2. The van der Waals surface area contributed by atoms with Gasteiger partial charge in [0.05, 0.1) is 31.2 Å². The minimum atomic E-state index is 0.612. The van der Waals surface area contributed by atoms with Crippen molar-refractivity contribution in [2.24, 2.45) is 0 Å². The Hall–Kier alpha value is -1.89. The van der Waals surface area contributed by atoms with E-state index in [1.54, 1.807) is 11.8 Å². The van der Waals surface area contributed by atoms with E-state index >= 15 is 0 Å². The number of benzene rings is 2. The molecular weight excluding hydrogens is 334 g/mol. The summed E-state index contributed by atoms with van der Waals surface area (Å²) in [6.45, 7) is 5.52. The van der Waals surface area contributed by atoms with Crippen LogP contribution in [0.3, 0.4) is 0 Å². The van der Waals surface area contributed by atoms with Crippen molar-refractivity contribution >= 4 is 23.1 Å². The van der Waals surface area contributed by atoms with E-state index in [4.69, 9.17) is 20.9 Å². The first kappa shape index (κ1) is 17.9. The van der Waals surface area contributed by atoms with Crippen LogP contribution >= 0.6 is 11.8 Å². The fourth-order valence-electron chi connectivity index (χ4n) is 2.68. The topological polar surface area (TPSA) is 73.7 Å². The van der Waals surface area contributed by atoms with E-state index in [1.807, 2.05) is 30.3 Å². The zero-order chi connectivity index (χ0) is 17.5. The lowest BCUT2D eigenvalue weighted by Crippen LogP contribution is -2.37. The largest absolute Gasteiger partial charge is 0.494 e. The number of nitrogens with two attached hydrogens (primary N) is 2. The zero-order valence-corrected chi connectivity index (χ0v) is 15.1. The Labute approximate surface area is 153 Å². The van der Waals surface area contributed by atoms with Crippen molar-refractivity contribution < 1.29 is 9.47 Å². The minimum absolute atomic E-state index is 0.612. The Bertz CT molecular complexity index is 690. The van der Waals surface area contributed by atoms with Gasteiger partial charge in [0.25, 0.3) is 0 Å². The molecule has 0 bridgehead atoms. The predicted molar refractivity (Wildman–Crippen MR) is 103 cm³/mol. The summed E-state index contributed by atoms with van der Waals surface area (Å²) < 4.78 is 11.3. The van der Waals surface area contributed by atoms with Crippen molar-refractivity contribution in [3.05, 3.63) is 42.5 Å². The molecule has 0 amide bonds. The molecule has 6 heteroatoms. The summed E-state index contributed by atoms with van der Waals surface area (Å²) in [4.78, 5) is 4.61. The Morgan fingerprint density at radius 3 is 2.60 bits per heavy atom. The third-order valence-corrected chi connectivity index (χ3v) is 5.07. The molecule has 1 fully saturated rings. The molecule has 3 rings (SSSR count). The molecule has 1 heterocycles. The van der Waals surface area contributed by atoms with Gasteiger partial charge in [-0.25, -0.2) is 0 Å². The second-order valence-corrected chi connectivity index (χ2v) is 7.17. The number of hydrogen-bond donors (Lipinski definition) is 2. The number of anilines is 2. The van der Waals surface area contributed by atoms with E-state index in [1.165, 1.54) is 0 Å². The first-order valence-electron chi connectivity index (χ1n) is 8.56. The summed E-state index contributed by atoms with van der Waals surface area (Å²) in [5.74, 6) is 0.899. The minimum Gasteiger partial charge on any atom is -0.494 e. The molecule has 0 spiro atoms. The molecule has 1 aliphatic heterocycles. The molecule has 2 aromatic carbocycles. The normalized spacial score (nSPS) is 15.2. The van der Waals surface area contributed by atoms with E-state index in [2.05, 4.69) is 17.0 Å². The number of morpholine rings is 1. The monoisotopic (exact) mass is 359 g/mol. The van der Waals surface area contributed by atoms with Crippen LogP contribution in [0, 0.1) is 0 Å². The average molecular weight is 359 g/mol. The molecule has 5 nitrogen and oxygen atoms in total. The van der Waals surface area contributed by atoms with Gasteiger partial charge in [-0.15, -0.1) is 0 Å². The van der Waals surface area contributed by atoms with Gasteiger partial charge in [-0.3, -0.25) is 4.90 Å². The predicted octanol–water partition coefficient (Wildman–Crippen LogP) is 3.10. The van der Waals surface area contributed by atoms with Gasteiger partial charge in [0.2, 0.25) is 0 Å². The first-order valence-corrected chi connectivity index (χ1v) is 9.38. The van der Waals surface area contributed by atoms with Gasteiger partial charge in [0, 0.05) is 29.4 Å². The highest BCUT2D eigenvalue weighted by molar-refractivity contribution is 7.99. The maximum Gasteiger partial charge on any atom is 0.120 e. The van der Waals surface area contributed by atoms with E-state index in [0.29, 0.717) is 11.4 Å². The maximum absolute atomic E-state index is 5.90. The van der Waals surface area contributed by atoms with Gasteiger partial charge < -0.3 is 20.9 Å².